The van der Waals surface area contributed by atoms with Crippen LogP contribution in [0.25, 0.3) is 0 Å². The fourth-order valence-corrected chi connectivity index (χ4v) is 2.48. The van der Waals surface area contributed by atoms with Gasteiger partial charge in [-0.05, 0) is 37.5 Å². The summed E-state index contributed by atoms with van der Waals surface area (Å²) in [6, 6.07) is 6.07. The molecule has 1 amide bonds. The first-order valence-electron chi connectivity index (χ1n) is 7.19. The Morgan fingerprint density at radius 1 is 1.45 bits per heavy atom. The molecule has 1 aromatic rings. The summed E-state index contributed by atoms with van der Waals surface area (Å²) in [6.07, 6.45) is 1.30. The van der Waals surface area contributed by atoms with Crippen LogP contribution in [0.2, 0.25) is 0 Å². The highest BCUT2D eigenvalue weighted by Gasteiger charge is 2.25. The highest BCUT2D eigenvalue weighted by molar-refractivity contribution is 5.76. The van der Waals surface area contributed by atoms with Gasteiger partial charge in [0, 0.05) is 25.6 Å². The summed E-state index contributed by atoms with van der Waals surface area (Å²) >= 11 is 0. The first-order valence-corrected chi connectivity index (χ1v) is 7.19. The van der Waals surface area contributed by atoms with Crippen molar-refractivity contribution in [1.29, 1.82) is 0 Å². The lowest BCUT2D eigenvalue weighted by Gasteiger charge is -2.16. The minimum atomic E-state index is 0.117. The standard InChI is InChI=1S/C16H23NO3/c1-12-3-4-13(2)15(9-12)20-8-6-16(19)17-7-5-14(10-17)11-18/h3-4,9,14,18H,5-8,10-11H2,1-2H3. The number of likely N-dealkylation sites (tertiary alicyclic amines) is 1. The maximum Gasteiger partial charge on any atom is 0.226 e. The normalized spacial score (nSPS) is 18.4. The molecule has 0 aliphatic carbocycles. The van der Waals surface area contributed by atoms with Crippen LogP contribution in [0.3, 0.4) is 0 Å². The number of hydrogen-bond acceptors (Lipinski definition) is 3. The van der Waals surface area contributed by atoms with E-state index in [0.29, 0.717) is 19.6 Å². The van der Waals surface area contributed by atoms with E-state index in [0.717, 1.165) is 29.8 Å². The average molecular weight is 277 g/mol. The number of aliphatic hydroxyl groups excluding tert-OH is 1. The monoisotopic (exact) mass is 277 g/mol. The number of rotatable bonds is 5. The van der Waals surface area contributed by atoms with Crippen LogP contribution < -0.4 is 4.74 Å². The van der Waals surface area contributed by atoms with Gasteiger partial charge in [-0.15, -0.1) is 0 Å². The Kier molecular flexibility index (Phi) is 5.01. The summed E-state index contributed by atoms with van der Waals surface area (Å²) in [5, 5.41) is 9.08. The molecule has 1 aromatic carbocycles. The lowest BCUT2D eigenvalue weighted by Crippen LogP contribution is -2.30. The number of amides is 1. The quantitative estimate of drug-likeness (QED) is 0.894. The fourth-order valence-electron chi connectivity index (χ4n) is 2.48. The lowest BCUT2D eigenvalue weighted by atomic mass is 10.1. The average Bonchev–Trinajstić information content (AvgIpc) is 2.91. The van der Waals surface area contributed by atoms with Gasteiger partial charge in [0.1, 0.15) is 5.75 Å². The van der Waals surface area contributed by atoms with Crippen molar-refractivity contribution < 1.29 is 14.6 Å². The van der Waals surface area contributed by atoms with Crippen LogP contribution in [-0.4, -0.2) is 42.2 Å². The van der Waals surface area contributed by atoms with Crippen LogP contribution in [0.4, 0.5) is 0 Å². The van der Waals surface area contributed by atoms with Crippen LogP contribution in [0.5, 0.6) is 5.75 Å². The second-order valence-electron chi connectivity index (χ2n) is 5.54. The fraction of sp³-hybridized carbons (Fsp3) is 0.562. The summed E-state index contributed by atoms with van der Waals surface area (Å²) < 4.78 is 5.70. The molecule has 4 nitrogen and oxygen atoms in total. The second-order valence-corrected chi connectivity index (χ2v) is 5.54. The summed E-state index contributed by atoms with van der Waals surface area (Å²) in [7, 11) is 0. The topological polar surface area (TPSA) is 49.8 Å². The zero-order chi connectivity index (χ0) is 14.5. The van der Waals surface area contributed by atoms with Gasteiger partial charge in [-0.25, -0.2) is 0 Å². The number of aryl methyl sites for hydroxylation is 2. The van der Waals surface area contributed by atoms with E-state index in [1.165, 1.54) is 0 Å². The number of benzene rings is 1. The third kappa shape index (κ3) is 3.73. The maximum atomic E-state index is 12.0. The smallest absolute Gasteiger partial charge is 0.226 e. The molecular formula is C16H23NO3. The van der Waals surface area contributed by atoms with E-state index >= 15 is 0 Å². The Morgan fingerprint density at radius 2 is 2.25 bits per heavy atom. The van der Waals surface area contributed by atoms with Gasteiger partial charge in [0.05, 0.1) is 13.0 Å². The molecule has 1 fully saturated rings. The lowest BCUT2D eigenvalue weighted by molar-refractivity contribution is -0.130. The van der Waals surface area contributed by atoms with E-state index in [1.807, 2.05) is 36.9 Å². The molecule has 20 heavy (non-hydrogen) atoms. The molecule has 0 aromatic heterocycles. The largest absolute Gasteiger partial charge is 0.493 e. The molecule has 0 bridgehead atoms. The number of aliphatic hydroxyl groups is 1. The number of carbonyl (C=O) groups excluding carboxylic acids is 1. The minimum absolute atomic E-state index is 0.117. The van der Waals surface area contributed by atoms with Crippen molar-refractivity contribution in [3.63, 3.8) is 0 Å². The van der Waals surface area contributed by atoms with Gasteiger partial charge in [0.15, 0.2) is 0 Å². The summed E-state index contributed by atoms with van der Waals surface area (Å²) in [5.74, 6) is 1.22. The molecule has 1 N–H and O–H groups in total. The third-order valence-electron chi connectivity index (χ3n) is 3.81. The molecule has 1 saturated heterocycles. The molecule has 0 saturated carbocycles. The zero-order valence-corrected chi connectivity index (χ0v) is 12.3. The summed E-state index contributed by atoms with van der Waals surface area (Å²) in [4.78, 5) is 13.8. The third-order valence-corrected chi connectivity index (χ3v) is 3.81. The van der Waals surface area contributed by atoms with Crippen molar-refractivity contribution in [2.24, 2.45) is 5.92 Å². The zero-order valence-electron chi connectivity index (χ0n) is 12.3. The van der Waals surface area contributed by atoms with E-state index in [2.05, 4.69) is 0 Å². The molecule has 1 atom stereocenters. The molecule has 0 radical (unpaired) electrons. The Morgan fingerprint density at radius 3 is 2.95 bits per heavy atom. The predicted octanol–water partition coefficient (Wildman–Crippen LogP) is 1.91. The van der Waals surface area contributed by atoms with E-state index in [4.69, 9.17) is 9.84 Å². The first kappa shape index (κ1) is 14.9. The molecule has 1 heterocycles. The maximum absolute atomic E-state index is 12.0. The Balaban J connectivity index is 1.78. The van der Waals surface area contributed by atoms with Crippen molar-refractivity contribution in [1.82, 2.24) is 4.90 Å². The SMILES string of the molecule is Cc1ccc(C)c(OCCC(=O)N2CCC(CO)C2)c1. The first-order chi connectivity index (χ1) is 9.60. The van der Waals surface area contributed by atoms with Crippen molar-refractivity contribution in [2.75, 3.05) is 26.3 Å². The number of carbonyl (C=O) groups is 1. The molecule has 2 rings (SSSR count). The number of hydrogen-bond donors (Lipinski definition) is 1. The van der Waals surface area contributed by atoms with Gasteiger partial charge in [-0.1, -0.05) is 12.1 Å². The van der Waals surface area contributed by atoms with E-state index < -0.39 is 0 Å². The Labute approximate surface area is 120 Å². The Bertz CT molecular complexity index is 473. The molecular weight excluding hydrogens is 254 g/mol. The van der Waals surface area contributed by atoms with Gasteiger partial charge >= 0.3 is 0 Å². The highest BCUT2D eigenvalue weighted by atomic mass is 16.5. The summed E-state index contributed by atoms with van der Waals surface area (Å²) in [6.45, 7) is 6.04. The minimum Gasteiger partial charge on any atom is -0.493 e. The second kappa shape index (κ2) is 6.75. The molecule has 1 unspecified atom stereocenters. The summed E-state index contributed by atoms with van der Waals surface area (Å²) in [5.41, 5.74) is 2.24. The highest BCUT2D eigenvalue weighted by Crippen LogP contribution is 2.20. The van der Waals surface area contributed by atoms with E-state index in [-0.39, 0.29) is 18.4 Å². The number of ether oxygens (including phenoxy) is 1. The number of nitrogens with zero attached hydrogens (tertiary/aromatic N) is 1. The van der Waals surface area contributed by atoms with Crippen molar-refractivity contribution in [3.8, 4) is 5.75 Å². The molecule has 1 aliphatic rings. The molecule has 1 aliphatic heterocycles. The van der Waals surface area contributed by atoms with Crippen molar-refractivity contribution in [3.05, 3.63) is 29.3 Å². The molecule has 0 spiro atoms. The van der Waals surface area contributed by atoms with Crippen LogP contribution in [0, 0.1) is 19.8 Å². The van der Waals surface area contributed by atoms with Gasteiger partial charge in [-0.2, -0.15) is 0 Å². The molecule has 110 valence electrons. The van der Waals surface area contributed by atoms with Crippen LogP contribution in [-0.2, 0) is 4.79 Å². The van der Waals surface area contributed by atoms with Crippen LogP contribution in [0.1, 0.15) is 24.0 Å². The molecule has 4 heteroatoms. The van der Waals surface area contributed by atoms with Gasteiger partial charge in [0.2, 0.25) is 5.91 Å². The van der Waals surface area contributed by atoms with E-state index in [1.54, 1.807) is 0 Å². The van der Waals surface area contributed by atoms with E-state index in [9.17, 15) is 4.79 Å². The van der Waals surface area contributed by atoms with Gasteiger partial charge in [-0.3, -0.25) is 4.79 Å². The van der Waals surface area contributed by atoms with Gasteiger partial charge in [0.25, 0.3) is 0 Å². The predicted molar refractivity (Wildman–Crippen MR) is 77.8 cm³/mol. The van der Waals surface area contributed by atoms with Crippen LogP contribution in [0.15, 0.2) is 18.2 Å². The van der Waals surface area contributed by atoms with Crippen molar-refractivity contribution >= 4 is 5.91 Å². The van der Waals surface area contributed by atoms with Crippen molar-refractivity contribution in [2.45, 2.75) is 26.7 Å². The van der Waals surface area contributed by atoms with Crippen LogP contribution >= 0.6 is 0 Å². The Hall–Kier alpha value is -1.55. The van der Waals surface area contributed by atoms with Gasteiger partial charge < -0.3 is 14.7 Å².